The largest absolute Gasteiger partial charge is 0.466 e. The lowest BCUT2D eigenvalue weighted by Gasteiger charge is -2.22. The van der Waals surface area contributed by atoms with Gasteiger partial charge in [0, 0.05) is 12.8 Å². The minimum atomic E-state index is -0.662. The molecule has 0 rings (SSSR count). The highest BCUT2D eigenvalue weighted by atomic mass is 16.5. The second-order valence-corrected chi connectivity index (χ2v) is 23.9. The van der Waals surface area contributed by atoms with E-state index in [1.54, 1.807) is 0 Å². The van der Waals surface area contributed by atoms with Crippen LogP contribution >= 0.6 is 0 Å². The number of aliphatic hydroxyl groups excluding tert-OH is 2. The van der Waals surface area contributed by atoms with E-state index in [0.29, 0.717) is 25.9 Å². The normalized spacial score (nSPS) is 12.6. The molecule has 0 fully saturated rings. The molecule has 0 aromatic heterocycles. The Morgan fingerprint density at radius 1 is 0.368 bits per heavy atom. The van der Waals surface area contributed by atoms with Crippen molar-refractivity contribution in [1.82, 2.24) is 5.32 Å². The summed E-state index contributed by atoms with van der Waals surface area (Å²) in [7, 11) is 0. The van der Waals surface area contributed by atoms with Crippen molar-refractivity contribution in [2.45, 2.75) is 398 Å². The van der Waals surface area contributed by atoms with E-state index in [9.17, 15) is 19.8 Å². The van der Waals surface area contributed by atoms with Crippen LogP contribution in [-0.2, 0) is 14.3 Å². The third kappa shape index (κ3) is 61.6. The number of carbonyl (C=O) groups is 2. The highest BCUT2D eigenvalue weighted by molar-refractivity contribution is 5.76. The zero-order chi connectivity index (χ0) is 55.0. The molecule has 0 aromatic rings. The first-order valence-corrected chi connectivity index (χ1v) is 34.6. The van der Waals surface area contributed by atoms with Gasteiger partial charge in [-0.3, -0.25) is 9.59 Å². The summed E-state index contributed by atoms with van der Waals surface area (Å²) in [5.74, 6) is -0.0194. The summed E-state index contributed by atoms with van der Waals surface area (Å²) in [4.78, 5) is 24.6. The fourth-order valence-corrected chi connectivity index (χ4v) is 11.0. The highest BCUT2D eigenvalue weighted by Gasteiger charge is 2.20. The Balaban J connectivity index is 3.34. The van der Waals surface area contributed by atoms with Crippen molar-refractivity contribution in [1.29, 1.82) is 0 Å². The number of nitrogens with one attached hydrogen (secondary N) is 1. The molecule has 0 spiro atoms. The summed E-state index contributed by atoms with van der Waals surface area (Å²) in [6, 6.07) is -0.539. The van der Waals surface area contributed by atoms with Gasteiger partial charge in [-0.25, -0.2) is 0 Å². The van der Waals surface area contributed by atoms with Crippen molar-refractivity contribution < 1.29 is 24.5 Å². The molecule has 0 aromatic carbocycles. The van der Waals surface area contributed by atoms with E-state index in [1.807, 2.05) is 0 Å². The predicted octanol–water partition coefficient (Wildman–Crippen LogP) is 22.1. The van der Waals surface area contributed by atoms with Gasteiger partial charge in [-0.15, -0.1) is 0 Å². The van der Waals surface area contributed by atoms with Gasteiger partial charge >= 0.3 is 5.97 Å². The number of aliphatic hydroxyl groups is 2. The van der Waals surface area contributed by atoms with Gasteiger partial charge in [0.25, 0.3) is 0 Å². The van der Waals surface area contributed by atoms with Crippen molar-refractivity contribution in [3.8, 4) is 0 Å². The van der Waals surface area contributed by atoms with Gasteiger partial charge in [0.05, 0.1) is 25.4 Å². The fraction of sp³-hybridized carbons (Fsp3) is 0.914. The second kappa shape index (κ2) is 65.9. The van der Waals surface area contributed by atoms with Crippen LogP contribution in [0, 0.1) is 0 Å². The standard InChI is InChI=1S/C70H135NO5/c1-3-5-7-9-11-13-15-17-19-31-36-40-44-48-52-56-60-64-70(75)76-65-61-57-53-49-45-41-37-33-30-28-26-24-22-21-23-25-27-29-32-35-39-43-47-51-55-59-63-69(74)71-67(66-72)68(73)62-58-54-50-46-42-38-34-20-18-16-14-12-10-8-6-4-2/h11,13,17,19,67-68,72-73H,3-10,12,14-16,18,20-66H2,1-2H3,(H,71,74)/b13-11-,19-17-. The fourth-order valence-electron chi connectivity index (χ4n) is 11.0. The summed E-state index contributed by atoms with van der Waals surface area (Å²) in [5, 5.41) is 23.3. The molecule has 0 aliphatic carbocycles. The molecule has 2 atom stereocenters. The summed E-state index contributed by atoms with van der Waals surface area (Å²) in [5.41, 5.74) is 0. The van der Waals surface area contributed by atoms with Gasteiger partial charge in [0.1, 0.15) is 0 Å². The molecule has 0 saturated carbocycles. The van der Waals surface area contributed by atoms with Crippen molar-refractivity contribution in [2.24, 2.45) is 0 Å². The van der Waals surface area contributed by atoms with E-state index in [2.05, 4.69) is 43.5 Å². The molecule has 3 N–H and O–H groups in total. The van der Waals surface area contributed by atoms with Gasteiger partial charge in [-0.05, 0) is 57.8 Å². The average Bonchev–Trinajstić information content (AvgIpc) is 3.42. The Hall–Kier alpha value is -1.66. The number of hydrogen-bond donors (Lipinski definition) is 3. The number of unbranched alkanes of at least 4 members (excludes halogenated alkanes) is 50. The van der Waals surface area contributed by atoms with E-state index in [1.165, 1.54) is 302 Å². The molecule has 450 valence electrons. The maximum Gasteiger partial charge on any atom is 0.305 e. The summed E-state index contributed by atoms with van der Waals surface area (Å²) in [6.07, 6.45) is 82.1. The molecule has 0 aliphatic heterocycles. The Bertz CT molecular complexity index is 1190. The zero-order valence-corrected chi connectivity index (χ0v) is 51.5. The molecule has 0 saturated heterocycles. The molecule has 2 unspecified atom stereocenters. The quantitative estimate of drug-likeness (QED) is 0.0320. The number of ether oxygens (including phenoxy) is 1. The second-order valence-electron chi connectivity index (χ2n) is 23.9. The van der Waals surface area contributed by atoms with Gasteiger partial charge in [0.15, 0.2) is 0 Å². The summed E-state index contributed by atoms with van der Waals surface area (Å²) in [6.45, 7) is 4.96. The first kappa shape index (κ1) is 74.3. The van der Waals surface area contributed by atoms with E-state index >= 15 is 0 Å². The van der Waals surface area contributed by atoms with Crippen LogP contribution in [-0.4, -0.2) is 47.4 Å². The molecule has 76 heavy (non-hydrogen) atoms. The van der Waals surface area contributed by atoms with E-state index in [4.69, 9.17) is 4.74 Å². The predicted molar refractivity (Wildman–Crippen MR) is 333 cm³/mol. The number of carbonyl (C=O) groups excluding carboxylic acids is 2. The van der Waals surface area contributed by atoms with Crippen LogP contribution in [0.2, 0.25) is 0 Å². The number of amides is 1. The maximum atomic E-state index is 12.5. The molecule has 6 nitrogen and oxygen atoms in total. The SMILES string of the molecule is CCCCC/C=C\C/C=C\CCCCCCCCCC(=O)OCCCCCCCCCCCCCCCCCCCCCCCCCCCCC(=O)NC(CO)C(O)CCCCCCCCCCCCCCCCCC. The minimum Gasteiger partial charge on any atom is -0.466 e. The van der Waals surface area contributed by atoms with Crippen LogP contribution in [0.5, 0.6) is 0 Å². The van der Waals surface area contributed by atoms with E-state index < -0.39 is 12.1 Å². The lowest BCUT2D eigenvalue weighted by molar-refractivity contribution is -0.143. The molecular formula is C70H135NO5. The van der Waals surface area contributed by atoms with Crippen molar-refractivity contribution in [3.63, 3.8) is 0 Å². The lowest BCUT2D eigenvalue weighted by Crippen LogP contribution is -2.45. The monoisotopic (exact) mass is 1070 g/mol. The Morgan fingerprint density at radius 3 is 1.03 bits per heavy atom. The molecular weight excluding hydrogens is 935 g/mol. The number of rotatable bonds is 65. The molecule has 0 heterocycles. The first-order valence-electron chi connectivity index (χ1n) is 34.6. The maximum absolute atomic E-state index is 12.5. The third-order valence-corrected chi connectivity index (χ3v) is 16.3. The van der Waals surface area contributed by atoms with Gasteiger partial charge in [0.2, 0.25) is 5.91 Å². The van der Waals surface area contributed by atoms with E-state index in [-0.39, 0.29) is 18.5 Å². The van der Waals surface area contributed by atoms with Crippen LogP contribution in [0.1, 0.15) is 386 Å². The topological polar surface area (TPSA) is 95.9 Å². The van der Waals surface area contributed by atoms with Crippen LogP contribution < -0.4 is 5.32 Å². The van der Waals surface area contributed by atoms with Gasteiger partial charge < -0.3 is 20.3 Å². The summed E-state index contributed by atoms with van der Waals surface area (Å²) >= 11 is 0. The van der Waals surface area contributed by atoms with E-state index in [0.717, 1.165) is 51.4 Å². The Labute approximate surface area is 475 Å². The molecule has 1 amide bonds. The van der Waals surface area contributed by atoms with Gasteiger partial charge in [-0.2, -0.15) is 0 Å². The van der Waals surface area contributed by atoms with Crippen molar-refractivity contribution in [2.75, 3.05) is 13.2 Å². The molecule has 0 aliphatic rings. The van der Waals surface area contributed by atoms with Crippen molar-refractivity contribution in [3.05, 3.63) is 24.3 Å². The number of hydrogen-bond acceptors (Lipinski definition) is 5. The average molecular weight is 1070 g/mol. The van der Waals surface area contributed by atoms with Crippen LogP contribution in [0.3, 0.4) is 0 Å². The molecule has 0 bridgehead atoms. The Morgan fingerprint density at radius 2 is 0.658 bits per heavy atom. The molecule has 6 heteroatoms. The van der Waals surface area contributed by atoms with Crippen molar-refractivity contribution >= 4 is 11.9 Å². The van der Waals surface area contributed by atoms with Crippen LogP contribution in [0.15, 0.2) is 24.3 Å². The minimum absolute atomic E-state index is 0.0102. The summed E-state index contributed by atoms with van der Waals surface area (Å²) < 4.78 is 5.50. The lowest BCUT2D eigenvalue weighted by atomic mass is 10.0. The number of esters is 1. The van der Waals surface area contributed by atoms with Crippen LogP contribution in [0.25, 0.3) is 0 Å². The smallest absolute Gasteiger partial charge is 0.305 e. The Kier molecular flexibility index (Phi) is 64.4. The zero-order valence-electron chi connectivity index (χ0n) is 51.5. The van der Waals surface area contributed by atoms with Crippen LogP contribution in [0.4, 0.5) is 0 Å². The first-order chi connectivity index (χ1) is 37.5. The number of allylic oxidation sites excluding steroid dienone is 4. The third-order valence-electron chi connectivity index (χ3n) is 16.3. The van der Waals surface area contributed by atoms with Gasteiger partial charge in [-0.1, -0.05) is 340 Å². The molecule has 0 radical (unpaired) electrons. The highest BCUT2D eigenvalue weighted by Crippen LogP contribution is 2.19.